The highest BCUT2D eigenvalue weighted by atomic mass is 19.1. The standard InChI is InChI=1S/C29H32FN3O4/c1-18-5-7-21(8-6-18)23-13-25-27(31-14-23)37-26(19(2)15-33(29(25)36)20(3)17-34)16-32(4)28(35)22-9-11-24(30)12-10-22/h5-14,19-20,26,34H,15-17H2,1-4H3/t19-,20+,26+/m0/s1. The van der Waals surface area contributed by atoms with E-state index >= 15 is 0 Å². The first kappa shape index (κ1) is 26.3. The molecule has 1 N–H and O–H groups in total. The number of rotatable bonds is 6. The number of likely N-dealkylation sites (N-methyl/N-ethyl adjacent to an activating group) is 1. The van der Waals surface area contributed by atoms with Crippen LogP contribution in [0.5, 0.6) is 5.88 Å². The molecule has 1 aliphatic heterocycles. The number of fused-ring (bicyclic) bond motifs is 1. The van der Waals surface area contributed by atoms with E-state index < -0.39 is 18.0 Å². The van der Waals surface area contributed by atoms with Gasteiger partial charge in [-0.25, -0.2) is 9.37 Å². The molecule has 0 bridgehead atoms. The second-order valence-corrected chi connectivity index (χ2v) is 9.76. The topological polar surface area (TPSA) is 83.0 Å². The Morgan fingerprint density at radius 2 is 1.86 bits per heavy atom. The van der Waals surface area contributed by atoms with Gasteiger partial charge in [0.15, 0.2) is 0 Å². The second-order valence-electron chi connectivity index (χ2n) is 9.76. The number of aliphatic hydroxyl groups is 1. The van der Waals surface area contributed by atoms with Gasteiger partial charge in [-0.15, -0.1) is 0 Å². The zero-order valence-corrected chi connectivity index (χ0v) is 21.5. The van der Waals surface area contributed by atoms with Crippen LogP contribution in [0.3, 0.4) is 0 Å². The van der Waals surface area contributed by atoms with Crippen LogP contribution in [0.15, 0.2) is 60.8 Å². The molecule has 194 valence electrons. The fourth-order valence-electron chi connectivity index (χ4n) is 4.39. The SMILES string of the molecule is Cc1ccc(-c2cnc3c(c2)C(=O)N([C@H](C)CO)C[C@H](C)[C@@H](CN(C)C(=O)c2ccc(F)cc2)O3)cc1. The molecule has 0 radical (unpaired) electrons. The van der Waals surface area contributed by atoms with Crippen molar-refractivity contribution in [2.24, 2.45) is 5.92 Å². The van der Waals surface area contributed by atoms with Crippen LogP contribution in [-0.2, 0) is 0 Å². The summed E-state index contributed by atoms with van der Waals surface area (Å²) in [6.07, 6.45) is 1.19. The molecule has 3 atom stereocenters. The van der Waals surface area contributed by atoms with E-state index in [1.165, 1.54) is 29.2 Å². The van der Waals surface area contributed by atoms with Crippen LogP contribution in [0.25, 0.3) is 11.1 Å². The van der Waals surface area contributed by atoms with Crippen molar-refractivity contribution in [2.45, 2.75) is 32.9 Å². The Balaban J connectivity index is 1.67. The number of ether oxygens (including phenoxy) is 1. The Labute approximate surface area is 216 Å². The summed E-state index contributed by atoms with van der Waals surface area (Å²) in [6, 6.07) is 14.7. The quantitative estimate of drug-likeness (QED) is 0.543. The lowest BCUT2D eigenvalue weighted by atomic mass is 9.98. The van der Waals surface area contributed by atoms with Gasteiger partial charge in [-0.1, -0.05) is 36.8 Å². The van der Waals surface area contributed by atoms with Crippen molar-refractivity contribution in [3.8, 4) is 17.0 Å². The van der Waals surface area contributed by atoms with E-state index in [0.29, 0.717) is 17.7 Å². The largest absolute Gasteiger partial charge is 0.472 e. The van der Waals surface area contributed by atoms with Crippen molar-refractivity contribution in [2.75, 3.05) is 26.7 Å². The number of hydrogen-bond donors (Lipinski definition) is 1. The zero-order valence-electron chi connectivity index (χ0n) is 21.5. The number of hydrogen-bond acceptors (Lipinski definition) is 5. The summed E-state index contributed by atoms with van der Waals surface area (Å²) in [5.41, 5.74) is 3.51. The zero-order chi connectivity index (χ0) is 26.7. The number of aryl methyl sites for hydroxylation is 1. The third kappa shape index (κ3) is 5.80. The summed E-state index contributed by atoms with van der Waals surface area (Å²) in [4.78, 5) is 34.3. The molecule has 2 aromatic carbocycles. The van der Waals surface area contributed by atoms with E-state index in [0.717, 1.165) is 16.7 Å². The lowest BCUT2D eigenvalue weighted by molar-refractivity contribution is 0.0313. The molecule has 0 saturated carbocycles. The number of amides is 2. The number of aliphatic hydroxyl groups excluding tert-OH is 1. The first-order valence-corrected chi connectivity index (χ1v) is 12.3. The van der Waals surface area contributed by atoms with Gasteiger partial charge >= 0.3 is 0 Å². The number of nitrogens with zero attached hydrogens (tertiary/aromatic N) is 3. The molecule has 0 spiro atoms. The van der Waals surface area contributed by atoms with Crippen LogP contribution in [0, 0.1) is 18.7 Å². The van der Waals surface area contributed by atoms with Crippen molar-refractivity contribution in [1.82, 2.24) is 14.8 Å². The third-order valence-electron chi connectivity index (χ3n) is 6.80. The monoisotopic (exact) mass is 505 g/mol. The Morgan fingerprint density at radius 1 is 1.19 bits per heavy atom. The van der Waals surface area contributed by atoms with Gasteiger partial charge < -0.3 is 19.6 Å². The van der Waals surface area contributed by atoms with E-state index in [9.17, 15) is 19.1 Å². The average Bonchev–Trinajstić information content (AvgIpc) is 2.90. The Bertz CT molecular complexity index is 1260. The number of benzene rings is 2. The molecule has 2 amide bonds. The molecule has 37 heavy (non-hydrogen) atoms. The summed E-state index contributed by atoms with van der Waals surface area (Å²) in [5, 5.41) is 9.87. The van der Waals surface area contributed by atoms with Crippen molar-refractivity contribution < 1.29 is 23.8 Å². The molecule has 7 nitrogen and oxygen atoms in total. The highest BCUT2D eigenvalue weighted by Gasteiger charge is 2.35. The van der Waals surface area contributed by atoms with Crippen LogP contribution >= 0.6 is 0 Å². The summed E-state index contributed by atoms with van der Waals surface area (Å²) >= 11 is 0. The molecule has 0 aliphatic carbocycles. The first-order chi connectivity index (χ1) is 17.7. The van der Waals surface area contributed by atoms with Gasteiger partial charge in [0.1, 0.15) is 17.5 Å². The Kier molecular flexibility index (Phi) is 7.88. The lowest BCUT2D eigenvalue weighted by Crippen LogP contribution is -2.50. The summed E-state index contributed by atoms with van der Waals surface area (Å²) in [6.45, 7) is 6.12. The summed E-state index contributed by atoms with van der Waals surface area (Å²) in [7, 11) is 1.66. The third-order valence-corrected chi connectivity index (χ3v) is 6.80. The maximum atomic E-state index is 13.6. The van der Waals surface area contributed by atoms with Gasteiger partial charge in [0.05, 0.1) is 19.2 Å². The van der Waals surface area contributed by atoms with Crippen LogP contribution < -0.4 is 4.74 Å². The summed E-state index contributed by atoms with van der Waals surface area (Å²) in [5.74, 6) is -0.925. The summed E-state index contributed by atoms with van der Waals surface area (Å²) < 4.78 is 19.6. The molecule has 1 aromatic heterocycles. The maximum Gasteiger partial charge on any atom is 0.259 e. The van der Waals surface area contributed by atoms with Gasteiger partial charge in [0, 0.05) is 36.8 Å². The van der Waals surface area contributed by atoms with Gasteiger partial charge in [-0.3, -0.25) is 9.59 Å². The predicted molar refractivity (Wildman–Crippen MR) is 139 cm³/mol. The number of pyridine rings is 1. The average molecular weight is 506 g/mol. The Morgan fingerprint density at radius 3 is 2.51 bits per heavy atom. The minimum absolute atomic E-state index is 0.173. The van der Waals surface area contributed by atoms with Crippen molar-refractivity contribution in [1.29, 1.82) is 0 Å². The maximum absolute atomic E-state index is 13.6. The van der Waals surface area contributed by atoms with Crippen LogP contribution in [-0.4, -0.2) is 70.6 Å². The highest BCUT2D eigenvalue weighted by molar-refractivity contribution is 5.98. The molecule has 1 aliphatic rings. The fourth-order valence-corrected chi connectivity index (χ4v) is 4.39. The van der Waals surface area contributed by atoms with E-state index in [2.05, 4.69) is 4.98 Å². The molecular weight excluding hydrogens is 473 g/mol. The molecule has 4 rings (SSSR count). The number of carbonyl (C=O) groups is 2. The van der Waals surface area contributed by atoms with Gasteiger partial charge in [-0.05, 0) is 49.7 Å². The molecule has 8 heteroatoms. The molecule has 0 fully saturated rings. The van der Waals surface area contributed by atoms with Crippen molar-refractivity contribution in [3.63, 3.8) is 0 Å². The lowest BCUT2D eigenvalue weighted by Gasteiger charge is -2.37. The second kappa shape index (κ2) is 11.1. The Hall–Kier alpha value is -3.78. The van der Waals surface area contributed by atoms with Crippen LogP contribution in [0.2, 0.25) is 0 Å². The van der Waals surface area contributed by atoms with Crippen LogP contribution in [0.4, 0.5) is 4.39 Å². The molecule has 0 unspecified atom stereocenters. The first-order valence-electron chi connectivity index (χ1n) is 12.3. The van der Waals surface area contributed by atoms with E-state index in [1.54, 1.807) is 31.1 Å². The van der Waals surface area contributed by atoms with Crippen molar-refractivity contribution in [3.05, 3.63) is 83.3 Å². The highest BCUT2D eigenvalue weighted by Crippen LogP contribution is 2.30. The smallest absolute Gasteiger partial charge is 0.259 e. The van der Waals surface area contributed by atoms with Crippen molar-refractivity contribution >= 4 is 11.8 Å². The molecular formula is C29H32FN3O4. The number of carbonyl (C=O) groups excluding carboxylic acids is 2. The van der Waals surface area contributed by atoms with Gasteiger partial charge in [0.25, 0.3) is 11.8 Å². The number of aromatic nitrogens is 1. The minimum Gasteiger partial charge on any atom is -0.472 e. The fraction of sp³-hybridized carbons (Fsp3) is 0.345. The van der Waals surface area contributed by atoms with E-state index in [1.807, 2.05) is 38.1 Å². The van der Waals surface area contributed by atoms with Gasteiger partial charge in [0.2, 0.25) is 5.88 Å². The molecule has 3 aromatic rings. The van der Waals surface area contributed by atoms with E-state index in [4.69, 9.17) is 4.74 Å². The normalized spacial score (nSPS) is 18.3. The number of halogens is 1. The van der Waals surface area contributed by atoms with Crippen LogP contribution in [0.1, 0.15) is 40.1 Å². The van der Waals surface area contributed by atoms with Gasteiger partial charge in [-0.2, -0.15) is 0 Å². The molecule has 0 saturated heterocycles. The molecule has 2 heterocycles. The minimum atomic E-state index is -0.479. The van der Waals surface area contributed by atoms with E-state index in [-0.39, 0.29) is 36.8 Å². The predicted octanol–water partition coefficient (Wildman–Crippen LogP) is 4.19.